The Labute approximate surface area is 128 Å². The van der Waals surface area contributed by atoms with Crippen molar-refractivity contribution in [2.75, 3.05) is 18.9 Å². The Kier molecular flexibility index (Phi) is 5.16. The van der Waals surface area contributed by atoms with E-state index in [2.05, 4.69) is 9.71 Å². The second kappa shape index (κ2) is 6.88. The minimum absolute atomic E-state index is 0.170. The minimum atomic E-state index is -3.54. The van der Waals surface area contributed by atoms with Crippen molar-refractivity contribution in [1.82, 2.24) is 9.71 Å². The summed E-state index contributed by atoms with van der Waals surface area (Å²) >= 11 is 0.967. The van der Waals surface area contributed by atoms with Gasteiger partial charge in [0.25, 0.3) is 10.0 Å². The summed E-state index contributed by atoms with van der Waals surface area (Å²) in [4.78, 5) is 3.91. The van der Waals surface area contributed by atoms with E-state index < -0.39 is 10.0 Å². The number of anilines is 1. The van der Waals surface area contributed by atoms with Crippen LogP contribution in [0.3, 0.4) is 0 Å². The number of hydrogen-bond acceptors (Lipinski definition) is 6. The van der Waals surface area contributed by atoms with Gasteiger partial charge in [0.05, 0.1) is 12.3 Å². The van der Waals surface area contributed by atoms with Gasteiger partial charge in [-0.15, -0.1) is 0 Å². The highest BCUT2D eigenvalue weighted by Gasteiger charge is 2.20. The summed E-state index contributed by atoms with van der Waals surface area (Å²) in [5.41, 5.74) is 5.93. The molecule has 0 aliphatic rings. The van der Waals surface area contributed by atoms with Gasteiger partial charge in [-0.1, -0.05) is 29.5 Å². The Morgan fingerprint density at radius 1 is 1.33 bits per heavy atom. The molecule has 0 radical (unpaired) electrons. The fourth-order valence-corrected chi connectivity index (χ4v) is 4.12. The molecule has 8 heteroatoms. The number of hydrogen-bond donors (Lipinski definition) is 2. The van der Waals surface area contributed by atoms with Crippen LogP contribution in [0.4, 0.5) is 5.13 Å². The molecule has 2 aromatic rings. The summed E-state index contributed by atoms with van der Waals surface area (Å²) in [6.07, 6.45) is 0.571. The van der Waals surface area contributed by atoms with Gasteiger partial charge in [0.15, 0.2) is 9.34 Å². The predicted octanol–water partition coefficient (Wildman–Crippen LogP) is 1.78. The summed E-state index contributed by atoms with van der Waals surface area (Å²) < 4.78 is 32.3. The highest BCUT2D eigenvalue weighted by molar-refractivity contribution is 7.91. The van der Waals surface area contributed by atoms with Crippen LogP contribution in [0.5, 0.6) is 5.75 Å². The van der Waals surface area contributed by atoms with E-state index in [0.717, 1.165) is 17.1 Å². The number of rotatable bonds is 7. The van der Waals surface area contributed by atoms with Gasteiger partial charge in [0, 0.05) is 6.54 Å². The molecule has 1 heterocycles. The first-order valence-electron chi connectivity index (χ1n) is 6.39. The standard InChI is InChI=1S/C13H17N3O3S2/c1-10-12(20-13(14)16-10)21(17,18)15-8-5-9-19-11-6-3-2-4-7-11/h2-4,6-7,15H,5,8-9H2,1H3,(H2,14,16). The molecule has 0 unspecified atom stereocenters. The van der Waals surface area contributed by atoms with E-state index in [1.807, 2.05) is 30.3 Å². The van der Waals surface area contributed by atoms with E-state index >= 15 is 0 Å². The zero-order valence-corrected chi connectivity index (χ0v) is 13.2. The van der Waals surface area contributed by atoms with Gasteiger partial charge in [-0.3, -0.25) is 0 Å². The molecule has 0 atom stereocenters. The van der Waals surface area contributed by atoms with E-state index in [4.69, 9.17) is 10.5 Å². The first kappa shape index (κ1) is 15.7. The number of nitrogens with two attached hydrogens (primary N) is 1. The van der Waals surface area contributed by atoms with Crippen molar-refractivity contribution < 1.29 is 13.2 Å². The molecular formula is C13H17N3O3S2. The number of para-hydroxylation sites is 1. The third kappa shape index (κ3) is 4.42. The first-order valence-corrected chi connectivity index (χ1v) is 8.69. The average Bonchev–Trinajstić information content (AvgIpc) is 2.79. The maximum absolute atomic E-state index is 12.1. The normalized spacial score (nSPS) is 11.5. The number of aromatic nitrogens is 1. The van der Waals surface area contributed by atoms with Crippen molar-refractivity contribution in [1.29, 1.82) is 0 Å². The number of thiazole rings is 1. The summed E-state index contributed by atoms with van der Waals surface area (Å²) in [5, 5.41) is 0.250. The monoisotopic (exact) mass is 327 g/mol. The van der Waals surface area contributed by atoms with Crippen LogP contribution in [-0.4, -0.2) is 26.6 Å². The smallest absolute Gasteiger partial charge is 0.252 e. The molecular weight excluding hydrogens is 310 g/mol. The van der Waals surface area contributed by atoms with Crippen LogP contribution >= 0.6 is 11.3 Å². The Bertz CT molecular complexity index is 684. The average molecular weight is 327 g/mol. The van der Waals surface area contributed by atoms with Crippen LogP contribution in [0.25, 0.3) is 0 Å². The second-order valence-electron chi connectivity index (χ2n) is 4.34. The molecule has 0 aliphatic heterocycles. The maximum Gasteiger partial charge on any atom is 0.252 e. The molecule has 114 valence electrons. The number of nitrogens with one attached hydrogen (secondary N) is 1. The molecule has 21 heavy (non-hydrogen) atoms. The van der Waals surface area contributed by atoms with Crippen molar-refractivity contribution >= 4 is 26.5 Å². The van der Waals surface area contributed by atoms with Gasteiger partial charge in [-0.2, -0.15) is 0 Å². The Balaban J connectivity index is 1.79. The Hall–Kier alpha value is -1.64. The van der Waals surface area contributed by atoms with E-state index in [1.54, 1.807) is 6.92 Å². The van der Waals surface area contributed by atoms with E-state index in [0.29, 0.717) is 25.3 Å². The van der Waals surface area contributed by atoms with E-state index in [9.17, 15) is 8.42 Å². The quantitative estimate of drug-likeness (QED) is 0.756. The predicted molar refractivity (Wildman–Crippen MR) is 83.0 cm³/mol. The van der Waals surface area contributed by atoms with Crippen LogP contribution in [0.1, 0.15) is 12.1 Å². The van der Waals surface area contributed by atoms with Crippen molar-refractivity contribution in [3.05, 3.63) is 36.0 Å². The zero-order valence-electron chi connectivity index (χ0n) is 11.6. The molecule has 0 spiro atoms. The van der Waals surface area contributed by atoms with Crippen LogP contribution in [0.15, 0.2) is 34.5 Å². The lowest BCUT2D eigenvalue weighted by Gasteiger charge is -2.07. The lowest BCUT2D eigenvalue weighted by Crippen LogP contribution is -2.25. The van der Waals surface area contributed by atoms with Crippen LogP contribution < -0.4 is 15.2 Å². The second-order valence-corrected chi connectivity index (χ2v) is 7.33. The number of nitrogens with zero attached hydrogens (tertiary/aromatic N) is 1. The highest BCUT2D eigenvalue weighted by atomic mass is 32.2. The summed E-state index contributed by atoms with van der Waals surface area (Å²) in [6.45, 7) is 2.36. The molecule has 0 saturated heterocycles. The summed E-state index contributed by atoms with van der Waals surface area (Å²) in [6, 6.07) is 9.38. The molecule has 0 saturated carbocycles. The van der Waals surface area contributed by atoms with Crippen molar-refractivity contribution in [3.63, 3.8) is 0 Å². The topological polar surface area (TPSA) is 94.3 Å². The molecule has 6 nitrogen and oxygen atoms in total. The number of sulfonamides is 1. The molecule has 3 N–H and O–H groups in total. The van der Waals surface area contributed by atoms with Gasteiger partial charge in [0.1, 0.15) is 5.75 Å². The lowest BCUT2D eigenvalue weighted by molar-refractivity contribution is 0.311. The molecule has 0 aliphatic carbocycles. The first-order chi connectivity index (χ1) is 9.99. The SMILES string of the molecule is Cc1nc(N)sc1S(=O)(=O)NCCCOc1ccccc1. The van der Waals surface area contributed by atoms with Gasteiger partial charge in [0.2, 0.25) is 0 Å². The minimum Gasteiger partial charge on any atom is -0.494 e. The van der Waals surface area contributed by atoms with Crippen LogP contribution in [0, 0.1) is 6.92 Å². The fraction of sp³-hybridized carbons (Fsp3) is 0.308. The number of nitrogen functional groups attached to an aromatic ring is 1. The Morgan fingerprint density at radius 3 is 2.67 bits per heavy atom. The third-order valence-electron chi connectivity index (χ3n) is 2.64. The molecule has 0 amide bonds. The molecule has 2 rings (SSSR count). The van der Waals surface area contributed by atoms with Crippen molar-refractivity contribution in [2.24, 2.45) is 0 Å². The van der Waals surface area contributed by atoms with Crippen molar-refractivity contribution in [3.8, 4) is 5.75 Å². The van der Waals surface area contributed by atoms with Crippen LogP contribution in [0.2, 0.25) is 0 Å². The van der Waals surface area contributed by atoms with Gasteiger partial charge in [-0.25, -0.2) is 18.1 Å². The van der Waals surface area contributed by atoms with Gasteiger partial charge in [-0.05, 0) is 25.5 Å². The summed E-state index contributed by atoms with van der Waals surface area (Å²) in [7, 11) is -3.54. The van der Waals surface area contributed by atoms with E-state index in [1.165, 1.54) is 0 Å². The molecule has 1 aromatic heterocycles. The van der Waals surface area contributed by atoms with Gasteiger partial charge < -0.3 is 10.5 Å². The fourth-order valence-electron chi connectivity index (χ4n) is 1.70. The largest absolute Gasteiger partial charge is 0.494 e. The Morgan fingerprint density at radius 2 is 2.05 bits per heavy atom. The number of aryl methyl sites for hydroxylation is 1. The van der Waals surface area contributed by atoms with Crippen molar-refractivity contribution in [2.45, 2.75) is 17.6 Å². The lowest BCUT2D eigenvalue weighted by atomic mass is 10.3. The zero-order chi connectivity index (χ0) is 15.3. The van der Waals surface area contributed by atoms with Crippen LogP contribution in [-0.2, 0) is 10.0 Å². The van der Waals surface area contributed by atoms with E-state index in [-0.39, 0.29) is 9.34 Å². The molecule has 0 fully saturated rings. The van der Waals surface area contributed by atoms with Gasteiger partial charge >= 0.3 is 0 Å². The molecule has 0 bridgehead atoms. The highest BCUT2D eigenvalue weighted by Crippen LogP contribution is 2.24. The summed E-state index contributed by atoms with van der Waals surface area (Å²) in [5.74, 6) is 0.770. The molecule has 1 aromatic carbocycles. The number of ether oxygens (including phenoxy) is 1. The maximum atomic E-state index is 12.1. The third-order valence-corrected chi connectivity index (χ3v) is 5.70. The number of benzene rings is 1.